The summed E-state index contributed by atoms with van der Waals surface area (Å²) in [5.41, 5.74) is 0.0980. The first-order chi connectivity index (χ1) is 8.50. The molecule has 96 valence electrons. The van der Waals surface area contributed by atoms with Gasteiger partial charge in [-0.2, -0.15) is 0 Å². The lowest BCUT2D eigenvalue weighted by atomic mass is 9.95. The van der Waals surface area contributed by atoms with Gasteiger partial charge in [0.1, 0.15) is 12.2 Å². The van der Waals surface area contributed by atoms with Crippen LogP contribution in [0.1, 0.15) is 17.3 Å². The van der Waals surface area contributed by atoms with Crippen molar-refractivity contribution in [1.82, 2.24) is 4.90 Å². The van der Waals surface area contributed by atoms with E-state index in [0.29, 0.717) is 18.7 Å². The van der Waals surface area contributed by atoms with E-state index in [1.54, 1.807) is 17.0 Å². The SMILES string of the molecule is CC1(OCC(=O)O)CN(C(=O)c2ccccc2)C1. The van der Waals surface area contributed by atoms with Gasteiger partial charge in [0.05, 0.1) is 13.1 Å². The molecule has 0 saturated carbocycles. The van der Waals surface area contributed by atoms with E-state index in [1.165, 1.54) is 0 Å². The molecule has 18 heavy (non-hydrogen) atoms. The van der Waals surface area contributed by atoms with Gasteiger partial charge in [0.2, 0.25) is 0 Å². The number of hydrogen-bond donors (Lipinski definition) is 1. The largest absolute Gasteiger partial charge is 0.480 e. The van der Waals surface area contributed by atoms with Crippen molar-refractivity contribution in [2.24, 2.45) is 0 Å². The third-order valence-electron chi connectivity index (χ3n) is 2.90. The Morgan fingerprint density at radius 3 is 2.50 bits per heavy atom. The molecule has 5 heteroatoms. The minimum Gasteiger partial charge on any atom is -0.480 e. The van der Waals surface area contributed by atoms with Crippen LogP contribution in [-0.2, 0) is 9.53 Å². The lowest BCUT2D eigenvalue weighted by Crippen LogP contribution is -2.63. The zero-order chi connectivity index (χ0) is 13.2. The maximum absolute atomic E-state index is 12.0. The fraction of sp³-hybridized carbons (Fsp3) is 0.385. The van der Waals surface area contributed by atoms with E-state index >= 15 is 0 Å². The molecule has 0 spiro atoms. The molecule has 5 nitrogen and oxygen atoms in total. The molecular weight excluding hydrogens is 234 g/mol. The van der Waals surface area contributed by atoms with Gasteiger partial charge in [0.25, 0.3) is 5.91 Å². The fourth-order valence-corrected chi connectivity index (χ4v) is 2.00. The number of amides is 1. The quantitative estimate of drug-likeness (QED) is 0.864. The number of carbonyl (C=O) groups is 2. The number of likely N-dealkylation sites (tertiary alicyclic amines) is 1. The van der Waals surface area contributed by atoms with Gasteiger partial charge in [-0.05, 0) is 19.1 Å². The minimum absolute atomic E-state index is 0.0491. The lowest BCUT2D eigenvalue weighted by molar-refractivity contribution is -0.159. The van der Waals surface area contributed by atoms with Crippen LogP contribution in [-0.4, -0.2) is 47.2 Å². The average Bonchev–Trinajstić information content (AvgIpc) is 2.33. The summed E-state index contributed by atoms with van der Waals surface area (Å²) in [6, 6.07) is 9.00. The van der Waals surface area contributed by atoms with Crippen LogP contribution in [0.15, 0.2) is 30.3 Å². The summed E-state index contributed by atoms with van der Waals surface area (Å²) in [5, 5.41) is 8.54. The molecule has 0 bridgehead atoms. The maximum atomic E-state index is 12.0. The Balaban J connectivity index is 1.89. The van der Waals surface area contributed by atoms with Crippen LogP contribution in [0.2, 0.25) is 0 Å². The summed E-state index contributed by atoms with van der Waals surface area (Å²) in [5.74, 6) is -1.05. The van der Waals surface area contributed by atoms with Crippen LogP contribution in [0.4, 0.5) is 0 Å². The molecule has 2 rings (SSSR count). The lowest BCUT2D eigenvalue weighted by Gasteiger charge is -2.47. The first-order valence-corrected chi connectivity index (χ1v) is 5.70. The highest BCUT2D eigenvalue weighted by molar-refractivity contribution is 5.94. The smallest absolute Gasteiger partial charge is 0.329 e. The Hall–Kier alpha value is -1.88. The molecule has 1 N–H and O–H groups in total. The topological polar surface area (TPSA) is 66.8 Å². The second kappa shape index (κ2) is 4.78. The van der Waals surface area contributed by atoms with Gasteiger partial charge in [-0.15, -0.1) is 0 Å². The molecule has 0 atom stereocenters. The Labute approximate surface area is 105 Å². The maximum Gasteiger partial charge on any atom is 0.329 e. The Morgan fingerprint density at radius 2 is 1.94 bits per heavy atom. The Morgan fingerprint density at radius 1 is 1.33 bits per heavy atom. The van der Waals surface area contributed by atoms with E-state index < -0.39 is 11.6 Å². The number of hydrogen-bond acceptors (Lipinski definition) is 3. The number of rotatable bonds is 4. The highest BCUT2D eigenvalue weighted by atomic mass is 16.5. The zero-order valence-corrected chi connectivity index (χ0v) is 10.1. The van der Waals surface area contributed by atoms with Crippen molar-refractivity contribution in [3.8, 4) is 0 Å². The van der Waals surface area contributed by atoms with Gasteiger partial charge < -0.3 is 14.7 Å². The van der Waals surface area contributed by atoms with Crippen LogP contribution >= 0.6 is 0 Å². The summed E-state index contributed by atoms with van der Waals surface area (Å²) in [7, 11) is 0. The van der Waals surface area contributed by atoms with Crippen LogP contribution in [0.5, 0.6) is 0 Å². The van der Waals surface area contributed by atoms with Crippen molar-refractivity contribution in [3.05, 3.63) is 35.9 Å². The van der Waals surface area contributed by atoms with Crippen LogP contribution in [0.25, 0.3) is 0 Å². The Kier molecular flexibility index (Phi) is 3.34. The van der Waals surface area contributed by atoms with Gasteiger partial charge in [0.15, 0.2) is 0 Å². The van der Waals surface area contributed by atoms with Crippen molar-refractivity contribution >= 4 is 11.9 Å². The normalized spacial score (nSPS) is 17.1. The predicted octanol–water partition coefficient (Wildman–Crippen LogP) is 1.00. The molecule has 1 aliphatic rings. The zero-order valence-electron chi connectivity index (χ0n) is 10.1. The third kappa shape index (κ3) is 2.68. The number of aliphatic carboxylic acids is 1. The van der Waals surface area contributed by atoms with E-state index in [4.69, 9.17) is 9.84 Å². The van der Waals surface area contributed by atoms with E-state index in [1.807, 2.05) is 25.1 Å². The second-order valence-electron chi connectivity index (χ2n) is 4.66. The van der Waals surface area contributed by atoms with E-state index in [2.05, 4.69) is 0 Å². The average molecular weight is 249 g/mol. The molecule has 1 heterocycles. The first-order valence-electron chi connectivity index (χ1n) is 5.70. The molecule has 1 aliphatic heterocycles. The van der Waals surface area contributed by atoms with Crippen molar-refractivity contribution in [2.45, 2.75) is 12.5 Å². The van der Waals surface area contributed by atoms with Crippen LogP contribution < -0.4 is 0 Å². The minimum atomic E-state index is -0.996. The molecule has 1 aromatic rings. The number of benzene rings is 1. The molecule has 1 aromatic carbocycles. The molecule has 0 radical (unpaired) electrons. The summed E-state index contributed by atoms with van der Waals surface area (Å²) < 4.78 is 5.25. The number of carboxylic acid groups (broad SMARTS) is 1. The molecule has 0 unspecified atom stereocenters. The molecular formula is C13H15NO4. The second-order valence-corrected chi connectivity index (χ2v) is 4.66. The molecule has 1 fully saturated rings. The number of nitrogens with zero attached hydrogens (tertiary/aromatic N) is 1. The molecule has 0 aliphatic carbocycles. The van der Waals surface area contributed by atoms with Gasteiger partial charge in [0, 0.05) is 5.56 Å². The predicted molar refractivity (Wildman–Crippen MR) is 64.3 cm³/mol. The van der Waals surface area contributed by atoms with Gasteiger partial charge >= 0.3 is 5.97 Å². The van der Waals surface area contributed by atoms with Crippen molar-refractivity contribution in [2.75, 3.05) is 19.7 Å². The fourth-order valence-electron chi connectivity index (χ4n) is 2.00. The molecule has 0 aromatic heterocycles. The van der Waals surface area contributed by atoms with Crippen molar-refractivity contribution < 1.29 is 19.4 Å². The summed E-state index contributed by atoms with van der Waals surface area (Å²) >= 11 is 0. The number of ether oxygens (including phenoxy) is 1. The summed E-state index contributed by atoms with van der Waals surface area (Å²) in [4.78, 5) is 24.1. The van der Waals surface area contributed by atoms with E-state index in [9.17, 15) is 9.59 Å². The number of carboxylic acids is 1. The highest BCUT2D eigenvalue weighted by Gasteiger charge is 2.42. The number of carbonyl (C=O) groups excluding carboxylic acids is 1. The molecule has 1 saturated heterocycles. The van der Waals surface area contributed by atoms with Crippen LogP contribution in [0, 0.1) is 0 Å². The highest BCUT2D eigenvalue weighted by Crippen LogP contribution is 2.26. The van der Waals surface area contributed by atoms with Crippen molar-refractivity contribution in [3.63, 3.8) is 0 Å². The monoisotopic (exact) mass is 249 g/mol. The van der Waals surface area contributed by atoms with Gasteiger partial charge in [-0.3, -0.25) is 4.79 Å². The van der Waals surface area contributed by atoms with Crippen molar-refractivity contribution in [1.29, 1.82) is 0 Å². The summed E-state index contributed by atoms with van der Waals surface area (Å²) in [6.07, 6.45) is 0. The van der Waals surface area contributed by atoms with Gasteiger partial charge in [-0.25, -0.2) is 4.79 Å². The standard InChI is InChI=1S/C13H15NO4/c1-13(18-7-11(15)16)8-14(9-13)12(17)10-5-3-2-4-6-10/h2-6H,7-9H2,1H3,(H,15,16). The summed E-state index contributed by atoms with van der Waals surface area (Å²) in [6.45, 7) is 2.33. The first kappa shape index (κ1) is 12.6. The Bertz CT molecular complexity index is 451. The van der Waals surface area contributed by atoms with Crippen LogP contribution in [0.3, 0.4) is 0 Å². The third-order valence-corrected chi connectivity index (χ3v) is 2.90. The van der Waals surface area contributed by atoms with Gasteiger partial charge in [-0.1, -0.05) is 18.2 Å². The molecule has 1 amide bonds. The van der Waals surface area contributed by atoms with E-state index in [-0.39, 0.29) is 12.5 Å². The van der Waals surface area contributed by atoms with E-state index in [0.717, 1.165) is 0 Å².